The Hall–Kier alpha value is -3.73. The maximum absolute atomic E-state index is 12.0. The molecule has 0 unspecified atom stereocenters. The van der Waals surface area contributed by atoms with Crippen LogP contribution in [0.25, 0.3) is 6.08 Å². The number of esters is 1. The minimum Gasteiger partial charge on any atom is -0.457 e. The second-order valence-electron chi connectivity index (χ2n) is 5.75. The van der Waals surface area contributed by atoms with E-state index in [4.69, 9.17) is 18.9 Å². The molecule has 0 spiro atoms. The van der Waals surface area contributed by atoms with Gasteiger partial charge in [0.1, 0.15) is 17.2 Å². The molecule has 5 heteroatoms. The average molecular weight is 360 g/mol. The monoisotopic (exact) mass is 360 g/mol. The van der Waals surface area contributed by atoms with Crippen molar-refractivity contribution in [3.8, 4) is 28.7 Å². The van der Waals surface area contributed by atoms with E-state index >= 15 is 0 Å². The third-order valence-corrected chi connectivity index (χ3v) is 3.83. The molecule has 1 aliphatic heterocycles. The molecule has 0 atom stereocenters. The fraction of sp³-hybridized carbons (Fsp3) is 0.0455. The number of benzene rings is 3. The summed E-state index contributed by atoms with van der Waals surface area (Å²) >= 11 is 0. The van der Waals surface area contributed by atoms with Crippen LogP contribution in [0.1, 0.15) is 5.56 Å². The Kier molecular flexibility index (Phi) is 4.74. The first-order chi connectivity index (χ1) is 13.3. The van der Waals surface area contributed by atoms with Gasteiger partial charge in [0.15, 0.2) is 11.5 Å². The van der Waals surface area contributed by atoms with Crippen LogP contribution in [0.15, 0.2) is 78.9 Å². The number of hydrogen-bond donors (Lipinski definition) is 0. The lowest BCUT2D eigenvalue weighted by atomic mass is 10.2. The molecule has 0 amide bonds. The molecule has 5 nitrogen and oxygen atoms in total. The summed E-state index contributed by atoms with van der Waals surface area (Å²) in [5, 5.41) is 0. The van der Waals surface area contributed by atoms with Crippen molar-refractivity contribution in [1.82, 2.24) is 0 Å². The van der Waals surface area contributed by atoms with E-state index in [0.717, 1.165) is 11.3 Å². The zero-order valence-electron chi connectivity index (χ0n) is 14.3. The first kappa shape index (κ1) is 16.7. The summed E-state index contributed by atoms with van der Waals surface area (Å²) in [5.74, 6) is 2.75. The highest BCUT2D eigenvalue weighted by Crippen LogP contribution is 2.32. The van der Waals surface area contributed by atoms with Gasteiger partial charge < -0.3 is 18.9 Å². The van der Waals surface area contributed by atoms with Crippen LogP contribution in [-0.2, 0) is 4.79 Å². The first-order valence-electron chi connectivity index (χ1n) is 8.39. The van der Waals surface area contributed by atoms with Gasteiger partial charge in [-0.1, -0.05) is 24.3 Å². The smallest absolute Gasteiger partial charge is 0.336 e. The molecule has 0 radical (unpaired) electrons. The second kappa shape index (κ2) is 7.66. The second-order valence-corrected chi connectivity index (χ2v) is 5.75. The van der Waals surface area contributed by atoms with E-state index in [1.165, 1.54) is 6.08 Å². The SMILES string of the molecule is O=C(/C=C/c1ccc2c(c1)OCO2)Oc1ccc(Oc2ccccc2)cc1. The van der Waals surface area contributed by atoms with E-state index in [9.17, 15) is 4.79 Å². The number of rotatable bonds is 5. The van der Waals surface area contributed by atoms with Crippen LogP contribution in [0.5, 0.6) is 28.7 Å². The maximum Gasteiger partial charge on any atom is 0.336 e. The summed E-state index contributed by atoms with van der Waals surface area (Å²) in [6.45, 7) is 0.217. The Morgan fingerprint density at radius 1 is 0.815 bits per heavy atom. The molecule has 0 saturated carbocycles. The summed E-state index contributed by atoms with van der Waals surface area (Å²) in [6, 6.07) is 21.8. The van der Waals surface area contributed by atoms with Gasteiger partial charge in [-0.2, -0.15) is 0 Å². The lowest BCUT2D eigenvalue weighted by Gasteiger charge is -2.06. The third kappa shape index (κ3) is 4.27. The molecule has 0 N–H and O–H groups in total. The van der Waals surface area contributed by atoms with E-state index in [2.05, 4.69) is 0 Å². The quantitative estimate of drug-likeness (QED) is 0.371. The van der Waals surface area contributed by atoms with Gasteiger partial charge in [-0.15, -0.1) is 0 Å². The summed E-state index contributed by atoms with van der Waals surface area (Å²) in [7, 11) is 0. The molecule has 0 fully saturated rings. The van der Waals surface area contributed by atoms with E-state index in [0.29, 0.717) is 23.0 Å². The highest BCUT2D eigenvalue weighted by Gasteiger charge is 2.12. The van der Waals surface area contributed by atoms with Crippen LogP contribution in [0, 0.1) is 0 Å². The van der Waals surface area contributed by atoms with Crippen molar-refractivity contribution in [2.24, 2.45) is 0 Å². The molecular weight excluding hydrogens is 344 g/mol. The number of para-hydroxylation sites is 1. The lowest BCUT2D eigenvalue weighted by molar-refractivity contribution is -0.128. The predicted molar refractivity (Wildman–Crippen MR) is 100 cm³/mol. The Balaban J connectivity index is 1.35. The van der Waals surface area contributed by atoms with E-state index in [1.807, 2.05) is 42.5 Å². The number of fused-ring (bicyclic) bond motifs is 1. The van der Waals surface area contributed by atoms with Crippen molar-refractivity contribution in [3.63, 3.8) is 0 Å². The molecule has 0 saturated heterocycles. The van der Waals surface area contributed by atoms with Gasteiger partial charge in [0.05, 0.1) is 0 Å². The zero-order chi connectivity index (χ0) is 18.5. The van der Waals surface area contributed by atoms with Gasteiger partial charge in [-0.25, -0.2) is 4.79 Å². The van der Waals surface area contributed by atoms with Crippen molar-refractivity contribution < 1.29 is 23.7 Å². The Morgan fingerprint density at radius 2 is 1.52 bits per heavy atom. The van der Waals surface area contributed by atoms with Crippen molar-refractivity contribution >= 4 is 12.0 Å². The molecule has 1 heterocycles. The van der Waals surface area contributed by atoms with Gasteiger partial charge in [0.2, 0.25) is 6.79 Å². The van der Waals surface area contributed by atoms with E-state index in [-0.39, 0.29) is 6.79 Å². The molecule has 0 bridgehead atoms. The number of hydrogen-bond acceptors (Lipinski definition) is 5. The van der Waals surface area contributed by atoms with E-state index in [1.54, 1.807) is 36.4 Å². The molecule has 134 valence electrons. The largest absolute Gasteiger partial charge is 0.457 e. The molecular formula is C22H16O5. The Labute approximate surface area is 156 Å². The molecule has 1 aliphatic rings. The maximum atomic E-state index is 12.0. The van der Waals surface area contributed by atoms with Crippen LogP contribution < -0.4 is 18.9 Å². The lowest BCUT2D eigenvalue weighted by Crippen LogP contribution is -2.03. The molecule has 27 heavy (non-hydrogen) atoms. The number of ether oxygens (including phenoxy) is 4. The first-order valence-corrected chi connectivity index (χ1v) is 8.39. The summed E-state index contributed by atoms with van der Waals surface area (Å²) in [5.41, 5.74) is 0.822. The fourth-order valence-corrected chi connectivity index (χ4v) is 2.53. The van der Waals surface area contributed by atoms with Crippen LogP contribution >= 0.6 is 0 Å². The van der Waals surface area contributed by atoms with Crippen molar-refractivity contribution in [1.29, 1.82) is 0 Å². The summed E-state index contributed by atoms with van der Waals surface area (Å²) in [4.78, 5) is 12.0. The molecule has 0 aromatic heterocycles. The highest BCUT2D eigenvalue weighted by atomic mass is 16.7. The topological polar surface area (TPSA) is 54.0 Å². The summed E-state index contributed by atoms with van der Waals surface area (Å²) < 4.78 is 21.6. The minimum atomic E-state index is -0.468. The predicted octanol–water partition coefficient (Wildman–Crippen LogP) is 4.83. The van der Waals surface area contributed by atoms with Crippen molar-refractivity contribution in [2.75, 3.05) is 6.79 Å². The van der Waals surface area contributed by atoms with Gasteiger partial charge in [0, 0.05) is 6.08 Å². The van der Waals surface area contributed by atoms with E-state index < -0.39 is 5.97 Å². The van der Waals surface area contributed by atoms with Gasteiger partial charge in [-0.3, -0.25) is 0 Å². The number of carbonyl (C=O) groups excluding carboxylic acids is 1. The van der Waals surface area contributed by atoms with Gasteiger partial charge >= 0.3 is 5.97 Å². The Morgan fingerprint density at radius 3 is 2.33 bits per heavy atom. The number of carbonyl (C=O) groups is 1. The zero-order valence-corrected chi connectivity index (χ0v) is 14.3. The average Bonchev–Trinajstić information content (AvgIpc) is 3.17. The summed E-state index contributed by atoms with van der Waals surface area (Å²) in [6.07, 6.45) is 3.03. The molecule has 0 aliphatic carbocycles. The van der Waals surface area contributed by atoms with Crippen LogP contribution in [-0.4, -0.2) is 12.8 Å². The molecule has 3 aromatic rings. The Bertz CT molecular complexity index is 962. The fourth-order valence-electron chi connectivity index (χ4n) is 2.53. The molecule has 3 aromatic carbocycles. The van der Waals surface area contributed by atoms with Gasteiger partial charge in [-0.05, 0) is 60.2 Å². The highest BCUT2D eigenvalue weighted by molar-refractivity contribution is 5.88. The molecule has 4 rings (SSSR count). The van der Waals surface area contributed by atoms with Crippen LogP contribution in [0.2, 0.25) is 0 Å². The van der Waals surface area contributed by atoms with Crippen LogP contribution in [0.3, 0.4) is 0 Å². The van der Waals surface area contributed by atoms with Crippen molar-refractivity contribution in [3.05, 3.63) is 84.4 Å². The standard InChI is InChI=1S/C22H16O5/c23-22(13-7-16-6-12-20-21(14-16)25-15-24-20)27-19-10-8-18(9-11-19)26-17-4-2-1-3-5-17/h1-14H,15H2/b13-7+. The third-order valence-electron chi connectivity index (χ3n) is 3.83. The van der Waals surface area contributed by atoms with Crippen LogP contribution in [0.4, 0.5) is 0 Å². The van der Waals surface area contributed by atoms with Gasteiger partial charge in [0.25, 0.3) is 0 Å². The van der Waals surface area contributed by atoms with Crippen molar-refractivity contribution in [2.45, 2.75) is 0 Å². The minimum absolute atomic E-state index is 0.217. The normalized spacial score (nSPS) is 12.1.